The van der Waals surface area contributed by atoms with Crippen molar-refractivity contribution in [2.24, 2.45) is 0 Å². The molecular weight excluding hydrogens is 316 g/mol. The summed E-state index contributed by atoms with van der Waals surface area (Å²) in [6.07, 6.45) is 1.17. The number of carbonyl (C=O) groups excluding carboxylic acids is 3. The molecule has 3 N–H and O–H groups in total. The van der Waals surface area contributed by atoms with E-state index in [2.05, 4.69) is 20.3 Å². The summed E-state index contributed by atoms with van der Waals surface area (Å²) in [7, 11) is 1.26. The molecule has 0 unspecified atom stereocenters. The maximum Gasteiger partial charge on any atom is 0.359 e. The number of anilines is 1. The first-order chi connectivity index (χ1) is 11.5. The van der Waals surface area contributed by atoms with Gasteiger partial charge in [0.25, 0.3) is 11.8 Å². The first-order valence-electron chi connectivity index (χ1n) is 7.07. The Bertz CT molecular complexity index is 870. The molecule has 0 saturated heterocycles. The lowest BCUT2D eigenvalue weighted by Crippen LogP contribution is -2.34. The van der Waals surface area contributed by atoms with Gasteiger partial charge in [0.15, 0.2) is 5.69 Å². The van der Waals surface area contributed by atoms with E-state index in [0.717, 1.165) is 4.90 Å². The number of esters is 1. The smallest absolute Gasteiger partial charge is 0.359 e. The number of amides is 2. The zero-order valence-electron chi connectivity index (χ0n) is 12.7. The van der Waals surface area contributed by atoms with E-state index in [-0.39, 0.29) is 24.5 Å². The molecule has 0 bridgehead atoms. The van der Waals surface area contributed by atoms with E-state index in [0.29, 0.717) is 16.6 Å². The van der Waals surface area contributed by atoms with Crippen LogP contribution in [-0.2, 0) is 14.3 Å². The van der Waals surface area contributed by atoms with Crippen LogP contribution in [0.3, 0.4) is 0 Å². The third-order valence-corrected chi connectivity index (χ3v) is 3.55. The number of fused-ring (bicyclic) bond motifs is 1. The van der Waals surface area contributed by atoms with E-state index in [1.165, 1.54) is 13.2 Å². The van der Waals surface area contributed by atoms with E-state index in [4.69, 9.17) is 5.11 Å². The molecule has 1 aliphatic heterocycles. The highest BCUT2D eigenvalue weighted by atomic mass is 16.5. The van der Waals surface area contributed by atoms with Gasteiger partial charge in [-0.1, -0.05) is 0 Å². The predicted octanol–water partition coefficient (Wildman–Crippen LogP) is 0.00640. The van der Waals surface area contributed by atoms with Crippen molar-refractivity contribution in [1.82, 2.24) is 15.1 Å². The number of aromatic amines is 1. The molecule has 0 spiro atoms. The quantitative estimate of drug-likeness (QED) is 0.521. The average Bonchev–Trinajstić information content (AvgIpc) is 3.11. The van der Waals surface area contributed by atoms with Crippen molar-refractivity contribution in [3.63, 3.8) is 0 Å². The Morgan fingerprint density at radius 1 is 1.42 bits per heavy atom. The molecule has 2 heterocycles. The Kier molecular flexibility index (Phi) is 4.00. The number of benzene rings is 1. The highest BCUT2D eigenvalue weighted by Crippen LogP contribution is 2.23. The van der Waals surface area contributed by atoms with Crippen LogP contribution in [0.2, 0.25) is 0 Å². The molecule has 1 aromatic carbocycles. The van der Waals surface area contributed by atoms with Crippen molar-refractivity contribution >= 4 is 34.4 Å². The number of nitrogens with zero attached hydrogens (tertiary/aromatic N) is 2. The maximum atomic E-state index is 12.1. The van der Waals surface area contributed by atoms with Gasteiger partial charge in [0.1, 0.15) is 5.70 Å². The summed E-state index contributed by atoms with van der Waals surface area (Å²) < 4.78 is 4.67. The number of hydrogen-bond acceptors (Lipinski definition) is 7. The lowest BCUT2D eigenvalue weighted by Gasteiger charge is -2.13. The Balaban J connectivity index is 1.88. The molecule has 24 heavy (non-hydrogen) atoms. The molecule has 3 rings (SSSR count). The van der Waals surface area contributed by atoms with E-state index in [9.17, 15) is 14.4 Å². The summed E-state index contributed by atoms with van der Waals surface area (Å²) in [5.74, 6) is -1.59. The molecular formula is C15H14N4O5. The third-order valence-electron chi connectivity index (χ3n) is 3.55. The van der Waals surface area contributed by atoms with Crippen LogP contribution in [0.4, 0.5) is 5.69 Å². The van der Waals surface area contributed by atoms with Crippen molar-refractivity contribution in [3.05, 3.63) is 35.7 Å². The first-order valence-corrected chi connectivity index (χ1v) is 7.07. The average molecular weight is 330 g/mol. The fraction of sp³-hybridized carbons (Fsp3) is 0.200. The van der Waals surface area contributed by atoms with Gasteiger partial charge in [-0.25, -0.2) is 4.79 Å². The Morgan fingerprint density at radius 2 is 2.21 bits per heavy atom. The van der Waals surface area contributed by atoms with Crippen LogP contribution in [-0.4, -0.2) is 58.2 Å². The SMILES string of the molecule is COC(=O)c1n[nH]c2ccc(NC3=CC(=O)N(CCO)C3=O)cc12. The number of aromatic nitrogens is 2. The minimum absolute atomic E-state index is 0.0629. The minimum Gasteiger partial charge on any atom is -0.464 e. The second-order valence-corrected chi connectivity index (χ2v) is 5.03. The van der Waals surface area contributed by atoms with Crippen molar-refractivity contribution in [3.8, 4) is 0 Å². The van der Waals surface area contributed by atoms with Gasteiger partial charge in [0.2, 0.25) is 0 Å². The fourth-order valence-electron chi connectivity index (χ4n) is 2.41. The highest BCUT2D eigenvalue weighted by Gasteiger charge is 2.30. The van der Waals surface area contributed by atoms with Crippen LogP contribution in [0.25, 0.3) is 10.9 Å². The normalized spacial score (nSPS) is 14.2. The van der Waals surface area contributed by atoms with Gasteiger partial charge < -0.3 is 15.2 Å². The summed E-state index contributed by atoms with van der Waals surface area (Å²) in [5.41, 5.74) is 1.36. The number of β-amino-alcohol motifs (C(OH)–C–C–N with tert-alkyl or cyclic N) is 1. The number of rotatable bonds is 5. The van der Waals surface area contributed by atoms with Crippen LogP contribution in [0, 0.1) is 0 Å². The van der Waals surface area contributed by atoms with Crippen molar-refractivity contribution < 1.29 is 24.2 Å². The molecule has 124 valence electrons. The number of H-pyrrole nitrogens is 1. The summed E-state index contributed by atoms with van der Waals surface area (Å²) in [6, 6.07) is 4.98. The summed E-state index contributed by atoms with van der Waals surface area (Å²) >= 11 is 0. The fourth-order valence-corrected chi connectivity index (χ4v) is 2.41. The Labute approximate surface area is 135 Å². The van der Waals surface area contributed by atoms with Crippen LogP contribution in [0.5, 0.6) is 0 Å². The zero-order valence-corrected chi connectivity index (χ0v) is 12.7. The molecule has 0 saturated carbocycles. The molecule has 9 heteroatoms. The highest BCUT2D eigenvalue weighted by molar-refractivity contribution is 6.17. The van der Waals surface area contributed by atoms with Crippen LogP contribution in [0.1, 0.15) is 10.5 Å². The molecule has 2 amide bonds. The molecule has 1 aliphatic rings. The van der Waals surface area contributed by atoms with Gasteiger partial charge in [-0.05, 0) is 18.2 Å². The van der Waals surface area contributed by atoms with Crippen LogP contribution < -0.4 is 5.32 Å². The number of aliphatic hydroxyl groups excluding tert-OH is 1. The lowest BCUT2D eigenvalue weighted by atomic mass is 10.2. The summed E-state index contributed by atoms with van der Waals surface area (Å²) in [4.78, 5) is 36.5. The summed E-state index contributed by atoms with van der Waals surface area (Å²) in [6.45, 7) is -0.366. The molecule has 0 radical (unpaired) electrons. The lowest BCUT2D eigenvalue weighted by molar-refractivity contribution is -0.137. The number of nitrogens with one attached hydrogen (secondary N) is 2. The van der Waals surface area contributed by atoms with Gasteiger partial charge in [-0.2, -0.15) is 5.10 Å². The summed E-state index contributed by atoms with van der Waals surface area (Å²) in [5, 5.41) is 18.9. The standard InChI is InChI=1S/C15H14N4O5/c1-24-15(23)13-9-6-8(2-3-10(9)17-18-13)16-11-7-12(21)19(4-5-20)14(11)22/h2-3,6-7,16,20H,4-5H2,1H3,(H,17,18). The Morgan fingerprint density at radius 3 is 2.92 bits per heavy atom. The molecule has 0 aliphatic carbocycles. The van der Waals surface area contributed by atoms with Gasteiger partial charge in [0.05, 0.1) is 25.8 Å². The number of carbonyl (C=O) groups is 3. The van der Waals surface area contributed by atoms with Gasteiger partial charge in [0, 0.05) is 17.1 Å². The van der Waals surface area contributed by atoms with Crippen LogP contribution in [0.15, 0.2) is 30.0 Å². The number of aliphatic hydroxyl groups is 1. The molecule has 1 aromatic heterocycles. The molecule has 0 fully saturated rings. The topological polar surface area (TPSA) is 125 Å². The first kappa shape index (κ1) is 15.7. The van der Waals surface area contributed by atoms with Crippen molar-refractivity contribution in [2.75, 3.05) is 25.6 Å². The van der Waals surface area contributed by atoms with E-state index in [1.54, 1.807) is 18.2 Å². The van der Waals surface area contributed by atoms with Crippen molar-refractivity contribution in [1.29, 1.82) is 0 Å². The van der Waals surface area contributed by atoms with E-state index >= 15 is 0 Å². The third kappa shape index (κ3) is 2.61. The van der Waals surface area contributed by atoms with Crippen LogP contribution >= 0.6 is 0 Å². The Hall–Kier alpha value is -3.20. The maximum absolute atomic E-state index is 12.1. The van der Waals surface area contributed by atoms with Gasteiger partial charge >= 0.3 is 5.97 Å². The second-order valence-electron chi connectivity index (χ2n) is 5.03. The van der Waals surface area contributed by atoms with Gasteiger partial charge in [-0.15, -0.1) is 0 Å². The monoisotopic (exact) mass is 330 g/mol. The number of ether oxygens (including phenoxy) is 1. The number of methoxy groups -OCH3 is 1. The predicted molar refractivity (Wildman–Crippen MR) is 82.9 cm³/mol. The molecule has 0 atom stereocenters. The molecule has 2 aromatic rings. The van der Waals surface area contributed by atoms with Gasteiger partial charge in [-0.3, -0.25) is 19.6 Å². The number of hydrogen-bond donors (Lipinski definition) is 3. The number of imide groups is 1. The minimum atomic E-state index is -0.584. The molecule has 9 nitrogen and oxygen atoms in total. The zero-order chi connectivity index (χ0) is 17.3. The second kappa shape index (κ2) is 6.13. The van der Waals surface area contributed by atoms with Crippen molar-refractivity contribution in [2.45, 2.75) is 0 Å². The van der Waals surface area contributed by atoms with E-state index < -0.39 is 17.8 Å². The van der Waals surface area contributed by atoms with E-state index in [1.807, 2.05) is 0 Å². The largest absolute Gasteiger partial charge is 0.464 e.